The maximum Gasteiger partial charge on any atom is 0.136 e. The minimum Gasteiger partial charge on any atom is -0.456 e. The van der Waals surface area contributed by atoms with Crippen LogP contribution in [0.25, 0.3) is 66.5 Å². The lowest BCUT2D eigenvalue weighted by Gasteiger charge is -2.21. The summed E-state index contributed by atoms with van der Waals surface area (Å²) < 4.78 is 18.6. The van der Waals surface area contributed by atoms with E-state index in [9.17, 15) is 0 Å². The van der Waals surface area contributed by atoms with Gasteiger partial charge in [-0.15, -0.1) is 0 Å². The molecule has 0 fully saturated rings. The van der Waals surface area contributed by atoms with Crippen molar-refractivity contribution >= 4 is 32.7 Å². The average Bonchev–Trinajstić information content (AvgIpc) is 3.54. The zero-order valence-electron chi connectivity index (χ0n) is 18.6. The Morgan fingerprint density at radius 3 is 2.14 bits per heavy atom. The summed E-state index contributed by atoms with van der Waals surface area (Å²) in [4.78, 5) is 0. The van der Waals surface area contributed by atoms with Crippen molar-refractivity contribution < 1.29 is 13.6 Å². The molecule has 0 saturated heterocycles. The fraction of sp³-hybridized carbons (Fsp3) is 0. The summed E-state index contributed by atoms with van der Waals surface area (Å²) in [5, 5.41) is 4.57. The fourth-order valence-electron chi connectivity index (χ4n) is 5.24. The minimum atomic E-state index is 0.809. The smallest absolute Gasteiger partial charge is 0.136 e. The van der Waals surface area contributed by atoms with Crippen LogP contribution in [0.1, 0.15) is 0 Å². The third kappa shape index (κ3) is 2.72. The molecule has 0 aliphatic carbocycles. The molecular weight excluding hydrogens is 432 g/mol. The maximum atomic E-state index is 6.33. The van der Waals surface area contributed by atoms with E-state index in [2.05, 4.69) is 60.7 Å². The van der Waals surface area contributed by atoms with Crippen molar-refractivity contribution in [3.8, 4) is 45.3 Å². The molecule has 8 rings (SSSR count). The van der Waals surface area contributed by atoms with Gasteiger partial charge in [0, 0.05) is 32.8 Å². The second-order valence-corrected chi connectivity index (χ2v) is 8.95. The summed E-state index contributed by atoms with van der Waals surface area (Å²) in [6.07, 6.45) is 0. The summed E-state index contributed by atoms with van der Waals surface area (Å²) in [6.45, 7) is 0. The molecule has 0 unspecified atom stereocenters. The van der Waals surface area contributed by atoms with Crippen LogP contribution in [0.2, 0.25) is 0 Å². The van der Waals surface area contributed by atoms with Crippen molar-refractivity contribution in [2.24, 2.45) is 0 Å². The van der Waals surface area contributed by atoms with Gasteiger partial charge in [-0.3, -0.25) is 0 Å². The van der Waals surface area contributed by atoms with E-state index in [0.717, 1.165) is 67.0 Å². The van der Waals surface area contributed by atoms with Crippen LogP contribution < -0.4 is 4.74 Å². The van der Waals surface area contributed by atoms with Gasteiger partial charge in [0.25, 0.3) is 0 Å². The summed E-state index contributed by atoms with van der Waals surface area (Å²) in [6, 6.07) is 37.2. The highest BCUT2D eigenvalue weighted by molar-refractivity contribution is 6.06. The molecule has 3 nitrogen and oxygen atoms in total. The zero-order valence-corrected chi connectivity index (χ0v) is 18.6. The Morgan fingerprint density at radius 2 is 1.23 bits per heavy atom. The first-order chi connectivity index (χ1) is 17.3. The largest absolute Gasteiger partial charge is 0.456 e. The van der Waals surface area contributed by atoms with Crippen LogP contribution in [-0.2, 0) is 0 Å². The lowest BCUT2D eigenvalue weighted by molar-refractivity contribution is 0.487. The topological polar surface area (TPSA) is 35.5 Å². The minimum absolute atomic E-state index is 0.809. The molecule has 0 bridgehead atoms. The molecule has 2 aromatic heterocycles. The van der Waals surface area contributed by atoms with Gasteiger partial charge >= 0.3 is 0 Å². The molecule has 3 heteroatoms. The van der Waals surface area contributed by atoms with E-state index in [0.29, 0.717) is 0 Å². The molecule has 0 spiro atoms. The van der Waals surface area contributed by atoms with Crippen LogP contribution in [0.3, 0.4) is 0 Å². The van der Waals surface area contributed by atoms with Gasteiger partial charge in [-0.2, -0.15) is 0 Å². The highest BCUT2D eigenvalue weighted by Gasteiger charge is 2.21. The van der Waals surface area contributed by atoms with Crippen molar-refractivity contribution in [3.05, 3.63) is 109 Å². The van der Waals surface area contributed by atoms with E-state index >= 15 is 0 Å². The Morgan fingerprint density at radius 1 is 0.457 bits per heavy atom. The Hall–Kier alpha value is -4.76. The number of furan rings is 2. The maximum absolute atomic E-state index is 6.33. The van der Waals surface area contributed by atoms with Crippen molar-refractivity contribution in [2.75, 3.05) is 0 Å². The summed E-state index contributed by atoms with van der Waals surface area (Å²) in [5.41, 5.74) is 6.02. The molecule has 0 atom stereocenters. The first-order valence-electron chi connectivity index (χ1n) is 11.7. The Kier molecular flexibility index (Phi) is 3.66. The fourth-order valence-corrected chi connectivity index (χ4v) is 5.24. The third-order valence-corrected chi connectivity index (χ3v) is 6.91. The third-order valence-electron chi connectivity index (χ3n) is 6.91. The summed E-state index contributed by atoms with van der Waals surface area (Å²) >= 11 is 0. The van der Waals surface area contributed by atoms with Gasteiger partial charge in [0.2, 0.25) is 0 Å². The molecule has 0 N–H and O–H groups in total. The molecular formula is C32H18O3. The first-order valence-corrected chi connectivity index (χ1v) is 11.7. The SMILES string of the molecule is c1cc2c3c(cccc3c1)-c1cc(-c3ccc(-c4ccc5c(c4)oc4ccccc45)o3)ccc1O2. The van der Waals surface area contributed by atoms with Gasteiger partial charge in [0.15, 0.2) is 0 Å². The van der Waals surface area contributed by atoms with Crippen molar-refractivity contribution in [3.63, 3.8) is 0 Å². The van der Waals surface area contributed by atoms with Crippen LogP contribution >= 0.6 is 0 Å². The molecule has 1 aliphatic rings. The molecule has 7 aromatic rings. The van der Waals surface area contributed by atoms with Crippen LogP contribution in [0.15, 0.2) is 118 Å². The number of ether oxygens (including phenoxy) is 1. The van der Waals surface area contributed by atoms with Crippen LogP contribution in [0.5, 0.6) is 11.5 Å². The number of fused-ring (bicyclic) bond motifs is 5. The lowest BCUT2D eigenvalue weighted by atomic mass is 9.93. The van der Waals surface area contributed by atoms with Gasteiger partial charge in [-0.25, -0.2) is 0 Å². The Labute approximate surface area is 200 Å². The standard InChI is InChI=1S/C32H18O3/c1-2-9-28-22(7-1)23-13-11-21(18-31(23)35-28)27-16-15-26(33-27)20-12-14-29-25(17-20)24-8-3-5-19-6-4-10-30(34-29)32(19)24/h1-18H. The van der Waals surface area contributed by atoms with E-state index in [-0.39, 0.29) is 0 Å². The molecule has 0 saturated carbocycles. The number of rotatable bonds is 2. The number of para-hydroxylation sites is 1. The molecule has 0 radical (unpaired) electrons. The van der Waals surface area contributed by atoms with E-state index in [1.54, 1.807) is 0 Å². The van der Waals surface area contributed by atoms with Crippen molar-refractivity contribution in [2.45, 2.75) is 0 Å². The molecule has 0 amide bonds. The van der Waals surface area contributed by atoms with Gasteiger partial charge in [-0.05, 0) is 65.5 Å². The number of benzene rings is 5. The predicted octanol–water partition coefficient (Wildman–Crippen LogP) is 9.44. The number of hydrogen-bond donors (Lipinski definition) is 0. The second kappa shape index (κ2) is 6.87. The van der Waals surface area contributed by atoms with Crippen LogP contribution in [-0.4, -0.2) is 0 Å². The Balaban J connectivity index is 1.22. The highest BCUT2D eigenvalue weighted by Crippen LogP contribution is 2.47. The van der Waals surface area contributed by atoms with E-state index in [4.69, 9.17) is 13.6 Å². The zero-order chi connectivity index (χ0) is 22.9. The van der Waals surface area contributed by atoms with Crippen molar-refractivity contribution in [1.29, 1.82) is 0 Å². The molecule has 5 aromatic carbocycles. The monoisotopic (exact) mass is 450 g/mol. The van der Waals surface area contributed by atoms with Crippen LogP contribution in [0, 0.1) is 0 Å². The van der Waals surface area contributed by atoms with Gasteiger partial charge in [0.1, 0.15) is 34.2 Å². The molecule has 164 valence electrons. The number of hydrogen-bond acceptors (Lipinski definition) is 3. The summed E-state index contributed by atoms with van der Waals surface area (Å²) in [5.74, 6) is 3.39. The van der Waals surface area contributed by atoms with Gasteiger partial charge < -0.3 is 13.6 Å². The molecule has 1 aliphatic heterocycles. The van der Waals surface area contributed by atoms with E-state index < -0.39 is 0 Å². The molecule has 3 heterocycles. The highest BCUT2D eigenvalue weighted by atomic mass is 16.5. The first kappa shape index (κ1) is 18.6. The average molecular weight is 450 g/mol. The lowest BCUT2D eigenvalue weighted by Crippen LogP contribution is -1.97. The predicted molar refractivity (Wildman–Crippen MR) is 140 cm³/mol. The Bertz CT molecular complexity index is 1930. The second-order valence-electron chi connectivity index (χ2n) is 8.95. The van der Waals surface area contributed by atoms with Crippen molar-refractivity contribution in [1.82, 2.24) is 0 Å². The van der Waals surface area contributed by atoms with E-state index in [1.165, 1.54) is 10.9 Å². The van der Waals surface area contributed by atoms with Gasteiger partial charge in [-0.1, -0.05) is 54.6 Å². The normalized spacial score (nSPS) is 12.2. The van der Waals surface area contributed by atoms with Gasteiger partial charge in [0.05, 0.1) is 0 Å². The van der Waals surface area contributed by atoms with Crippen LogP contribution in [0.4, 0.5) is 0 Å². The quantitative estimate of drug-likeness (QED) is 0.263. The van der Waals surface area contributed by atoms with E-state index in [1.807, 2.05) is 48.5 Å². The molecule has 35 heavy (non-hydrogen) atoms. The summed E-state index contributed by atoms with van der Waals surface area (Å²) in [7, 11) is 0.